The zero-order valence-corrected chi connectivity index (χ0v) is 14.7. The highest BCUT2D eigenvalue weighted by Gasteiger charge is 2.43. The number of halogens is 1. The lowest BCUT2D eigenvalue weighted by Gasteiger charge is -2.27. The highest BCUT2D eigenvalue weighted by molar-refractivity contribution is 8.00. The van der Waals surface area contributed by atoms with E-state index in [-0.39, 0.29) is 22.7 Å². The van der Waals surface area contributed by atoms with Crippen LogP contribution >= 0.6 is 11.8 Å². The van der Waals surface area contributed by atoms with E-state index in [0.29, 0.717) is 11.3 Å². The molecule has 1 aromatic carbocycles. The smallest absolute Gasteiger partial charge is 0.244 e. The normalized spacial score (nSPS) is 22.3. The van der Waals surface area contributed by atoms with Gasteiger partial charge >= 0.3 is 0 Å². The first-order valence-corrected chi connectivity index (χ1v) is 10.0. The highest BCUT2D eigenvalue weighted by Crippen LogP contribution is 2.33. The van der Waals surface area contributed by atoms with Crippen LogP contribution in [-0.2, 0) is 14.8 Å². The van der Waals surface area contributed by atoms with Crippen LogP contribution in [0, 0.1) is 12.7 Å². The summed E-state index contributed by atoms with van der Waals surface area (Å²) >= 11 is 1.41. The summed E-state index contributed by atoms with van der Waals surface area (Å²) in [7, 11) is -2.18. The van der Waals surface area contributed by atoms with E-state index < -0.39 is 21.9 Å². The zero-order chi connectivity index (χ0) is 16.8. The number of sulfonamides is 1. The van der Waals surface area contributed by atoms with Crippen molar-refractivity contribution in [2.45, 2.75) is 36.7 Å². The summed E-state index contributed by atoms with van der Waals surface area (Å²) in [6, 6.07) is 3.22. The van der Waals surface area contributed by atoms with Gasteiger partial charge in [-0.25, -0.2) is 12.8 Å². The molecule has 1 aliphatic heterocycles. The Labute approximate surface area is 139 Å². The molecule has 2 fully saturated rings. The van der Waals surface area contributed by atoms with Gasteiger partial charge in [-0.05, 0) is 37.5 Å². The van der Waals surface area contributed by atoms with Crippen LogP contribution in [0.15, 0.2) is 23.1 Å². The molecule has 0 unspecified atom stereocenters. The molecule has 8 heteroatoms. The summed E-state index contributed by atoms with van der Waals surface area (Å²) in [4.78, 5) is 14.2. The van der Waals surface area contributed by atoms with Gasteiger partial charge in [0.25, 0.3) is 0 Å². The quantitative estimate of drug-likeness (QED) is 0.824. The Balaban J connectivity index is 1.91. The number of hydrogen-bond acceptors (Lipinski definition) is 4. The maximum atomic E-state index is 13.5. The van der Waals surface area contributed by atoms with Crippen LogP contribution in [0.1, 0.15) is 18.4 Å². The van der Waals surface area contributed by atoms with Crippen LogP contribution in [0.5, 0.6) is 0 Å². The number of amides is 1. The Hall–Kier alpha value is -1.12. The number of rotatable bonds is 4. The SMILES string of the molecule is Cc1ccc(F)cc1S(=O)(=O)N1CSC[C@H]1C(=O)N(C)C1CC1. The van der Waals surface area contributed by atoms with Crippen molar-refractivity contribution < 1.29 is 17.6 Å². The largest absolute Gasteiger partial charge is 0.341 e. The minimum absolute atomic E-state index is 0.0631. The van der Waals surface area contributed by atoms with E-state index in [9.17, 15) is 17.6 Å². The van der Waals surface area contributed by atoms with Gasteiger partial charge in [0.1, 0.15) is 11.9 Å². The molecule has 0 radical (unpaired) electrons. The summed E-state index contributed by atoms with van der Waals surface area (Å²) in [6.07, 6.45) is 1.94. The number of likely N-dealkylation sites (N-methyl/N-ethyl adjacent to an activating group) is 1. The molecule has 1 saturated carbocycles. The molecule has 0 N–H and O–H groups in total. The fourth-order valence-corrected chi connectivity index (χ4v) is 6.09. The summed E-state index contributed by atoms with van der Waals surface area (Å²) in [5.41, 5.74) is 0.477. The van der Waals surface area contributed by atoms with E-state index in [2.05, 4.69) is 0 Å². The first-order chi connectivity index (χ1) is 10.8. The second-order valence-corrected chi connectivity index (χ2v) is 8.86. The minimum atomic E-state index is -3.90. The second kappa shape index (κ2) is 6.07. The molecule has 0 bridgehead atoms. The van der Waals surface area contributed by atoms with Gasteiger partial charge in [0.05, 0.1) is 10.8 Å². The molecule has 23 heavy (non-hydrogen) atoms. The summed E-state index contributed by atoms with van der Waals surface area (Å²) in [5, 5.41) is 0. The minimum Gasteiger partial charge on any atom is -0.341 e. The number of carbonyl (C=O) groups excluding carboxylic acids is 1. The van der Waals surface area contributed by atoms with Crippen LogP contribution in [0.25, 0.3) is 0 Å². The maximum Gasteiger partial charge on any atom is 0.244 e. The van der Waals surface area contributed by atoms with Crippen molar-refractivity contribution in [3.63, 3.8) is 0 Å². The number of hydrogen-bond donors (Lipinski definition) is 0. The maximum absolute atomic E-state index is 13.5. The van der Waals surface area contributed by atoms with E-state index in [1.807, 2.05) is 0 Å². The number of nitrogens with zero attached hydrogens (tertiary/aromatic N) is 2. The molecule has 1 heterocycles. The number of thioether (sulfide) groups is 1. The Morgan fingerprint density at radius 3 is 2.74 bits per heavy atom. The van der Waals surface area contributed by atoms with Gasteiger partial charge < -0.3 is 4.90 Å². The fraction of sp³-hybridized carbons (Fsp3) is 0.533. The van der Waals surface area contributed by atoms with Gasteiger partial charge in [-0.2, -0.15) is 4.31 Å². The van der Waals surface area contributed by atoms with Crippen molar-refractivity contribution in [3.05, 3.63) is 29.6 Å². The summed E-state index contributed by atoms with van der Waals surface area (Å²) in [5.74, 6) is -0.120. The number of aryl methyl sites for hydroxylation is 1. The van der Waals surface area contributed by atoms with Crippen LogP contribution in [0.3, 0.4) is 0 Å². The first-order valence-electron chi connectivity index (χ1n) is 7.45. The molecular formula is C15H19FN2O3S2. The van der Waals surface area contributed by atoms with Gasteiger partial charge in [-0.3, -0.25) is 4.79 Å². The third-order valence-corrected chi connectivity index (χ3v) is 7.48. The second-order valence-electron chi connectivity index (χ2n) is 6.00. The number of benzene rings is 1. The van der Waals surface area contributed by atoms with Gasteiger partial charge in [0.15, 0.2) is 0 Å². The number of carbonyl (C=O) groups is 1. The third-order valence-electron chi connectivity index (χ3n) is 4.31. The molecule has 5 nitrogen and oxygen atoms in total. The van der Waals surface area contributed by atoms with E-state index in [1.54, 1.807) is 18.9 Å². The molecule has 1 aromatic rings. The monoisotopic (exact) mass is 358 g/mol. The lowest BCUT2D eigenvalue weighted by atomic mass is 10.2. The Morgan fingerprint density at radius 2 is 2.09 bits per heavy atom. The predicted octanol–water partition coefficient (Wildman–Crippen LogP) is 1.82. The van der Waals surface area contributed by atoms with Gasteiger partial charge in [0.2, 0.25) is 15.9 Å². The van der Waals surface area contributed by atoms with Crippen LogP contribution in [-0.4, -0.2) is 54.3 Å². The molecule has 0 aromatic heterocycles. The van der Waals surface area contributed by atoms with Crippen molar-refractivity contribution in [2.75, 3.05) is 18.7 Å². The van der Waals surface area contributed by atoms with Crippen LogP contribution < -0.4 is 0 Å². The lowest BCUT2D eigenvalue weighted by Crippen LogP contribution is -2.48. The van der Waals surface area contributed by atoms with E-state index in [0.717, 1.165) is 18.9 Å². The average Bonchev–Trinajstić information content (AvgIpc) is 3.24. The van der Waals surface area contributed by atoms with Crippen molar-refractivity contribution in [3.8, 4) is 0 Å². The van der Waals surface area contributed by atoms with Gasteiger partial charge in [-0.15, -0.1) is 11.8 Å². The molecule has 1 saturated heterocycles. The average molecular weight is 358 g/mol. The molecule has 3 rings (SSSR count). The van der Waals surface area contributed by atoms with Gasteiger partial charge in [-0.1, -0.05) is 6.07 Å². The van der Waals surface area contributed by atoms with Crippen molar-refractivity contribution in [1.82, 2.24) is 9.21 Å². The Kier molecular flexibility index (Phi) is 4.41. The molecule has 1 aliphatic carbocycles. The standard InChI is InChI=1S/C15H19FN2O3S2/c1-10-3-4-11(16)7-14(10)23(20,21)18-9-22-8-13(18)15(19)17(2)12-5-6-12/h3-4,7,12-13H,5-6,8-9H2,1-2H3/t13-/m0/s1. The lowest BCUT2D eigenvalue weighted by molar-refractivity contribution is -0.133. The van der Waals surface area contributed by atoms with E-state index in [4.69, 9.17) is 0 Å². The molecule has 126 valence electrons. The Morgan fingerprint density at radius 1 is 1.39 bits per heavy atom. The Bertz CT molecular complexity index is 734. The third kappa shape index (κ3) is 3.12. The van der Waals surface area contributed by atoms with Crippen LogP contribution in [0.4, 0.5) is 4.39 Å². The summed E-state index contributed by atoms with van der Waals surface area (Å²) in [6.45, 7) is 1.63. The summed E-state index contributed by atoms with van der Waals surface area (Å²) < 4.78 is 40.5. The first kappa shape index (κ1) is 16.7. The van der Waals surface area contributed by atoms with Crippen molar-refractivity contribution >= 4 is 27.7 Å². The topological polar surface area (TPSA) is 57.7 Å². The molecule has 1 atom stereocenters. The molecule has 1 amide bonds. The van der Waals surface area contributed by atoms with Crippen LogP contribution in [0.2, 0.25) is 0 Å². The molecular weight excluding hydrogens is 339 g/mol. The van der Waals surface area contributed by atoms with Gasteiger partial charge in [0, 0.05) is 18.8 Å². The van der Waals surface area contributed by atoms with E-state index in [1.165, 1.54) is 28.2 Å². The van der Waals surface area contributed by atoms with Crippen molar-refractivity contribution in [2.24, 2.45) is 0 Å². The van der Waals surface area contributed by atoms with E-state index >= 15 is 0 Å². The fourth-order valence-electron chi connectivity index (χ4n) is 2.71. The van der Waals surface area contributed by atoms with Crippen molar-refractivity contribution in [1.29, 1.82) is 0 Å². The highest BCUT2D eigenvalue weighted by atomic mass is 32.2. The predicted molar refractivity (Wildman–Crippen MR) is 87.1 cm³/mol. The molecule has 0 spiro atoms. The molecule has 2 aliphatic rings. The zero-order valence-electron chi connectivity index (χ0n) is 13.0.